The van der Waals surface area contributed by atoms with Gasteiger partial charge in [-0.1, -0.05) is 0 Å². The Labute approximate surface area is 79.0 Å². The zero-order valence-electron chi connectivity index (χ0n) is 7.95. The van der Waals surface area contributed by atoms with Gasteiger partial charge in [0, 0.05) is 19.8 Å². The fourth-order valence-corrected chi connectivity index (χ4v) is 2.23. The van der Waals surface area contributed by atoms with Crippen LogP contribution in [0.3, 0.4) is 0 Å². The third-order valence-electron chi connectivity index (χ3n) is 3.08. The number of aliphatic hydroxyl groups excluding tert-OH is 1. The molecule has 2 aliphatic heterocycles. The zero-order chi connectivity index (χ0) is 9.10. The molecule has 0 spiro atoms. The van der Waals surface area contributed by atoms with Gasteiger partial charge >= 0.3 is 0 Å². The molecule has 0 aromatic carbocycles. The summed E-state index contributed by atoms with van der Waals surface area (Å²) >= 11 is 0. The molecule has 13 heavy (non-hydrogen) atoms. The molecule has 76 valence electrons. The van der Waals surface area contributed by atoms with Crippen molar-refractivity contribution in [3.63, 3.8) is 0 Å². The van der Waals surface area contributed by atoms with Gasteiger partial charge in [0.1, 0.15) is 0 Å². The van der Waals surface area contributed by atoms with Crippen LogP contribution in [0.1, 0.15) is 25.7 Å². The molecule has 2 saturated heterocycles. The summed E-state index contributed by atoms with van der Waals surface area (Å²) in [5, 5.41) is 9.50. The summed E-state index contributed by atoms with van der Waals surface area (Å²) in [4.78, 5) is 0. The maximum atomic E-state index is 9.50. The van der Waals surface area contributed by atoms with Gasteiger partial charge in [0.25, 0.3) is 0 Å². The molecule has 2 rings (SSSR count). The normalized spacial score (nSPS) is 37.6. The van der Waals surface area contributed by atoms with Gasteiger partial charge in [-0.2, -0.15) is 0 Å². The Morgan fingerprint density at radius 2 is 1.77 bits per heavy atom. The van der Waals surface area contributed by atoms with E-state index >= 15 is 0 Å². The van der Waals surface area contributed by atoms with Crippen molar-refractivity contribution in [1.29, 1.82) is 0 Å². The van der Waals surface area contributed by atoms with Crippen LogP contribution in [0, 0.1) is 5.92 Å². The fourth-order valence-electron chi connectivity index (χ4n) is 2.23. The van der Waals surface area contributed by atoms with Gasteiger partial charge in [0.15, 0.2) is 0 Å². The lowest BCUT2D eigenvalue weighted by molar-refractivity contribution is -0.0898. The highest BCUT2D eigenvalue weighted by atomic mass is 16.5. The highest BCUT2D eigenvalue weighted by Gasteiger charge is 2.29. The Hall–Kier alpha value is -0.120. The second-order valence-corrected chi connectivity index (χ2v) is 4.04. The second kappa shape index (κ2) is 4.40. The van der Waals surface area contributed by atoms with E-state index < -0.39 is 0 Å². The number of aliphatic hydroxyl groups is 1. The highest BCUT2D eigenvalue weighted by Crippen LogP contribution is 2.27. The van der Waals surface area contributed by atoms with E-state index in [0.29, 0.717) is 5.92 Å². The van der Waals surface area contributed by atoms with E-state index in [1.165, 1.54) is 0 Å². The average Bonchev–Trinajstić information content (AvgIpc) is 2.19. The largest absolute Gasteiger partial charge is 0.393 e. The number of ether oxygens (including phenoxy) is 2. The van der Waals surface area contributed by atoms with Crippen molar-refractivity contribution in [3.8, 4) is 0 Å². The Kier molecular flexibility index (Phi) is 3.19. The van der Waals surface area contributed by atoms with Gasteiger partial charge in [-0.05, 0) is 31.6 Å². The topological polar surface area (TPSA) is 38.7 Å². The minimum Gasteiger partial charge on any atom is -0.393 e. The van der Waals surface area contributed by atoms with Crippen LogP contribution < -0.4 is 0 Å². The summed E-state index contributed by atoms with van der Waals surface area (Å²) in [6, 6.07) is 0. The monoisotopic (exact) mass is 186 g/mol. The Morgan fingerprint density at radius 1 is 1.00 bits per heavy atom. The number of hydrogen-bond acceptors (Lipinski definition) is 3. The van der Waals surface area contributed by atoms with Crippen LogP contribution in [0.2, 0.25) is 0 Å². The first-order valence-electron chi connectivity index (χ1n) is 5.23. The molecule has 3 heteroatoms. The van der Waals surface area contributed by atoms with Crippen LogP contribution in [0.4, 0.5) is 0 Å². The van der Waals surface area contributed by atoms with Crippen molar-refractivity contribution in [2.24, 2.45) is 5.92 Å². The smallest absolute Gasteiger partial charge is 0.0629 e. The predicted molar refractivity (Wildman–Crippen MR) is 48.5 cm³/mol. The zero-order valence-corrected chi connectivity index (χ0v) is 7.95. The first-order chi connectivity index (χ1) is 6.36. The van der Waals surface area contributed by atoms with Crippen LogP contribution in [0.25, 0.3) is 0 Å². The molecular formula is C10H18O3. The first kappa shape index (κ1) is 9.44. The SMILES string of the molecule is O[C@@H]1CCO[C@@H](C2CCOCC2)C1. The molecule has 0 bridgehead atoms. The summed E-state index contributed by atoms with van der Waals surface area (Å²) in [5.41, 5.74) is 0. The molecule has 0 radical (unpaired) electrons. The van der Waals surface area contributed by atoms with Crippen molar-refractivity contribution < 1.29 is 14.6 Å². The van der Waals surface area contributed by atoms with Gasteiger partial charge in [-0.25, -0.2) is 0 Å². The number of rotatable bonds is 1. The first-order valence-corrected chi connectivity index (χ1v) is 5.23. The van der Waals surface area contributed by atoms with E-state index in [-0.39, 0.29) is 12.2 Å². The third kappa shape index (κ3) is 2.42. The van der Waals surface area contributed by atoms with Crippen LogP contribution in [-0.2, 0) is 9.47 Å². The molecule has 0 aliphatic carbocycles. The third-order valence-corrected chi connectivity index (χ3v) is 3.08. The lowest BCUT2D eigenvalue weighted by Gasteiger charge is -2.34. The van der Waals surface area contributed by atoms with E-state index in [1.54, 1.807) is 0 Å². The molecule has 3 nitrogen and oxygen atoms in total. The van der Waals surface area contributed by atoms with Crippen LogP contribution in [0.5, 0.6) is 0 Å². The van der Waals surface area contributed by atoms with Gasteiger partial charge in [-0.15, -0.1) is 0 Å². The lowest BCUT2D eigenvalue weighted by atomic mass is 9.88. The van der Waals surface area contributed by atoms with Crippen molar-refractivity contribution in [2.45, 2.75) is 37.9 Å². The minimum absolute atomic E-state index is 0.137. The maximum absolute atomic E-state index is 9.50. The highest BCUT2D eigenvalue weighted by molar-refractivity contribution is 4.79. The molecule has 0 unspecified atom stereocenters. The Bertz CT molecular complexity index is 154. The Balaban J connectivity index is 1.83. The van der Waals surface area contributed by atoms with E-state index in [9.17, 15) is 5.11 Å². The van der Waals surface area contributed by atoms with E-state index in [0.717, 1.165) is 45.5 Å². The molecule has 2 atom stereocenters. The summed E-state index contributed by atoms with van der Waals surface area (Å²) in [7, 11) is 0. The van der Waals surface area contributed by atoms with E-state index in [2.05, 4.69) is 0 Å². The second-order valence-electron chi connectivity index (χ2n) is 4.04. The van der Waals surface area contributed by atoms with Crippen molar-refractivity contribution in [2.75, 3.05) is 19.8 Å². The van der Waals surface area contributed by atoms with Gasteiger partial charge in [-0.3, -0.25) is 0 Å². The molecule has 0 aromatic heterocycles. The van der Waals surface area contributed by atoms with Crippen LogP contribution in [0.15, 0.2) is 0 Å². The van der Waals surface area contributed by atoms with Crippen molar-refractivity contribution in [1.82, 2.24) is 0 Å². The van der Waals surface area contributed by atoms with Gasteiger partial charge in [0.2, 0.25) is 0 Å². The lowest BCUT2D eigenvalue weighted by Crippen LogP contribution is -2.37. The molecule has 2 fully saturated rings. The molecule has 1 N–H and O–H groups in total. The van der Waals surface area contributed by atoms with Crippen LogP contribution in [-0.4, -0.2) is 37.1 Å². The Morgan fingerprint density at radius 3 is 2.46 bits per heavy atom. The number of hydrogen-bond donors (Lipinski definition) is 1. The van der Waals surface area contributed by atoms with Crippen molar-refractivity contribution >= 4 is 0 Å². The molecular weight excluding hydrogens is 168 g/mol. The molecule has 0 amide bonds. The molecule has 2 aliphatic rings. The summed E-state index contributed by atoms with van der Waals surface area (Å²) in [5.74, 6) is 0.615. The van der Waals surface area contributed by atoms with E-state index in [1.807, 2.05) is 0 Å². The average molecular weight is 186 g/mol. The van der Waals surface area contributed by atoms with E-state index in [4.69, 9.17) is 9.47 Å². The standard InChI is InChI=1S/C10H18O3/c11-9-3-6-13-10(7-9)8-1-4-12-5-2-8/h8-11H,1-7H2/t9-,10-/m1/s1. The summed E-state index contributed by atoms with van der Waals surface area (Å²) < 4.78 is 11.0. The molecule has 0 aromatic rings. The fraction of sp³-hybridized carbons (Fsp3) is 1.00. The molecule has 2 heterocycles. The quantitative estimate of drug-likeness (QED) is 0.662. The van der Waals surface area contributed by atoms with Gasteiger partial charge < -0.3 is 14.6 Å². The summed E-state index contributed by atoms with van der Waals surface area (Å²) in [6.07, 6.45) is 3.97. The minimum atomic E-state index is -0.137. The predicted octanol–water partition coefficient (Wildman–Crippen LogP) is 0.953. The summed E-state index contributed by atoms with van der Waals surface area (Å²) in [6.45, 7) is 2.45. The van der Waals surface area contributed by atoms with Crippen molar-refractivity contribution in [3.05, 3.63) is 0 Å². The molecule has 0 saturated carbocycles. The van der Waals surface area contributed by atoms with Gasteiger partial charge in [0.05, 0.1) is 12.2 Å². The maximum Gasteiger partial charge on any atom is 0.0629 e. The van der Waals surface area contributed by atoms with Crippen LogP contribution >= 0.6 is 0 Å².